The van der Waals surface area contributed by atoms with Crippen LogP contribution >= 0.6 is 11.3 Å². The van der Waals surface area contributed by atoms with Crippen molar-refractivity contribution in [1.29, 1.82) is 0 Å². The summed E-state index contributed by atoms with van der Waals surface area (Å²) in [5, 5.41) is 11.4. The Morgan fingerprint density at radius 2 is 1.81 bits per heavy atom. The number of thiophene rings is 1. The van der Waals surface area contributed by atoms with E-state index in [2.05, 4.69) is 17.2 Å². The number of nitrogens with two attached hydrogens (primary N) is 1. The van der Waals surface area contributed by atoms with Gasteiger partial charge in [0.25, 0.3) is 11.8 Å². The highest BCUT2D eigenvalue weighted by atomic mass is 32.1. The van der Waals surface area contributed by atoms with Gasteiger partial charge < -0.3 is 11.1 Å². The van der Waals surface area contributed by atoms with Crippen molar-refractivity contribution in [2.24, 2.45) is 5.73 Å². The third-order valence-electron chi connectivity index (χ3n) is 3.61. The summed E-state index contributed by atoms with van der Waals surface area (Å²) >= 11 is 1.62. The molecule has 0 aliphatic carbocycles. The van der Waals surface area contributed by atoms with Crippen LogP contribution in [-0.4, -0.2) is 28.6 Å². The maximum atomic E-state index is 12.4. The summed E-state index contributed by atoms with van der Waals surface area (Å²) in [6.07, 6.45) is 0. The van der Waals surface area contributed by atoms with E-state index in [4.69, 9.17) is 10.9 Å². The second-order valence-electron chi connectivity index (χ2n) is 6.44. The lowest BCUT2D eigenvalue weighted by Crippen LogP contribution is -2.61. The number of rotatable bonds is 4. The van der Waals surface area contributed by atoms with Gasteiger partial charge in [-0.2, -0.15) is 0 Å². The predicted molar refractivity (Wildman–Crippen MR) is 101 cm³/mol. The molecule has 1 heterocycles. The molecule has 0 fully saturated rings. The number of amides is 2. The first-order valence-corrected chi connectivity index (χ1v) is 8.74. The van der Waals surface area contributed by atoms with Crippen LogP contribution in [0.15, 0.2) is 36.4 Å². The van der Waals surface area contributed by atoms with Crippen molar-refractivity contribution in [2.75, 3.05) is 0 Å². The molecule has 0 saturated heterocycles. The summed E-state index contributed by atoms with van der Waals surface area (Å²) in [5.41, 5.74) is 7.51. The Balaban J connectivity index is 2.11. The quantitative estimate of drug-likeness (QED) is 0.374. The van der Waals surface area contributed by atoms with Crippen LogP contribution in [0.5, 0.6) is 0 Å². The molecule has 7 heteroatoms. The van der Waals surface area contributed by atoms with Crippen LogP contribution in [0.3, 0.4) is 0 Å². The first kappa shape index (κ1) is 19.7. The number of nitrogens with one attached hydrogen (secondary N) is 2. The maximum absolute atomic E-state index is 12.4. The van der Waals surface area contributed by atoms with E-state index in [1.165, 1.54) is 10.4 Å². The fourth-order valence-electron chi connectivity index (χ4n) is 2.21. The van der Waals surface area contributed by atoms with Crippen LogP contribution in [0.25, 0.3) is 0 Å². The van der Waals surface area contributed by atoms with Crippen molar-refractivity contribution in [3.05, 3.63) is 57.3 Å². The lowest BCUT2D eigenvalue weighted by Gasteiger charge is -2.29. The number of hydrogen-bond donors (Lipinski definition) is 4. The largest absolute Gasteiger partial charge is 0.338 e. The molecule has 1 unspecified atom stereocenters. The van der Waals surface area contributed by atoms with E-state index in [0.717, 1.165) is 10.4 Å². The molecule has 0 spiro atoms. The van der Waals surface area contributed by atoms with Gasteiger partial charge in [-0.25, -0.2) is 5.48 Å². The molecule has 0 radical (unpaired) electrons. The topological polar surface area (TPSA) is 104 Å². The van der Waals surface area contributed by atoms with Crippen molar-refractivity contribution >= 4 is 23.2 Å². The summed E-state index contributed by atoms with van der Waals surface area (Å²) in [4.78, 5) is 26.3. The standard InChI is InChI=1S/C19H21N3O3S/c1-12-4-10-15(26-12)11-7-13-5-8-14(9-6-13)17(23)21-16(18(24)22-25)19(2,3)20/h4-6,8-10,16,25H,20H2,1-3H3,(H,21,23)(H,22,24). The van der Waals surface area contributed by atoms with Gasteiger partial charge in [-0.1, -0.05) is 11.8 Å². The average molecular weight is 371 g/mol. The fourth-order valence-corrected chi connectivity index (χ4v) is 2.93. The van der Waals surface area contributed by atoms with E-state index in [1.807, 2.05) is 19.1 Å². The number of carbonyl (C=O) groups is 2. The lowest BCUT2D eigenvalue weighted by atomic mass is 9.95. The Bertz CT molecular complexity index is 855. The maximum Gasteiger partial charge on any atom is 0.267 e. The first-order chi connectivity index (χ1) is 12.2. The van der Waals surface area contributed by atoms with Crippen molar-refractivity contribution in [1.82, 2.24) is 10.8 Å². The Morgan fingerprint density at radius 3 is 2.31 bits per heavy atom. The summed E-state index contributed by atoms with van der Waals surface area (Å²) in [5.74, 6) is 4.87. The van der Waals surface area contributed by atoms with Gasteiger partial charge in [-0.05, 0) is 57.2 Å². The summed E-state index contributed by atoms with van der Waals surface area (Å²) in [6.45, 7) is 5.19. The van der Waals surface area contributed by atoms with E-state index in [9.17, 15) is 9.59 Å². The van der Waals surface area contributed by atoms with E-state index < -0.39 is 23.4 Å². The zero-order chi connectivity index (χ0) is 19.3. The highest BCUT2D eigenvalue weighted by molar-refractivity contribution is 7.12. The molecule has 6 nitrogen and oxygen atoms in total. The Labute approximate surface area is 156 Å². The first-order valence-electron chi connectivity index (χ1n) is 7.93. The molecule has 0 saturated carbocycles. The average Bonchev–Trinajstić information content (AvgIpc) is 3.01. The molecular weight excluding hydrogens is 350 g/mol. The monoisotopic (exact) mass is 371 g/mol. The second-order valence-corrected chi connectivity index (χ2v) is 7.73. The number of carbonyl (C=O) groups excluding carboxylic acids is 2. The van der Waals surface area contributed by atoms with Crippen LogP contribution in [-0.2, 0) is 4.79 Å². The number of benzene rings is 1. The van der Waals surface area contributed by atoms with Gasteiger partial charge in [-0.15, -0.1) is 11.3 Å². The fraction of sp³-hybridized carbons (Fsp3) is 0.263. The SMILES string of the molecule is Cc1ccc(C#Cc2ccc(C(=O)NC(C(=O)NO)C(C)(C)N)cc2)s1. The molecule has 5 N–H and O–H groups in total. The van der Waals surface area contributed by atoms with Gasteiger partial charge in [0.1, 0.15) is 6.04 Å². The van der Waals surface area contributed by atoms with Crippen molar-refractivity contribution < 1.29 is 14.8 Å². The minimum absolute atomic E-state index is 0.363. The van der Waals surface area contributed by atoms with Crippen LogP contribution in [0, 0.1) is 18.8 Å². The predicted octanol–water partition coefficient (Wildman–Crippen LogP) is 1.80. The van der Waals surface area contributed by atoms with Gasteiger partial charge in [0, 0.05) is 21.5 Å². The lowest BCUT2D eigenvalue weighted by molar-refractivity contribution is -0.132. The molecule has 0 aliphatic rings. The third kappa shape index (κ3) is 5.17. The van der Waals surface area contributed by atoms with E-state index in [1.54, 1.807) is 49.4 Å². The molecule has 26 heavy (non-hydrogen) atoms. The number of aryl methyl sites for hydroxylation is 1. The molecular formula is C19H21N3O3S. The molecule has 1 aromatic carbocycles. The third-order valence-corrected chi connectivity index (χ3v) is 4.53. The zero-order valence-corrected chi connectivity index (χ0v) is 15.6. The van der Waals surface area contributed by atoms with Gasteiger partial charge in [0.05, 0.1) is 4.88 Å². The molecule has 2 rings (SSSR count). The van der Waals surface area contributed by atoms with E-state index >= 15 is 0 Å². The molecule has 0 aliphatic heterocycles. The molecule has 2 aromatic rings. The van der Waals surface area contributed by atoms with E-state index in [0.29, 0.717) is 5.56 Å². The molecule has 2 amide bonds. The number of hydroxylamine groups is 1. The van der Waals surface area contributed by atoms with E-state index in [-0.39, 0.29) is 0 Å². The van der Waals surface area contributed by atoms with Crippen molar-refractivity contribution in [3.8, 4) is 11.8 Å². The van der Waals surface area contributed by atoms with Gasteiger partial charge >= 0.3 is 0 Å². The Morgan fingerprint density at radius 1 is 1.15 bits per heavy atom. The summed E-state index contributed by atoms with van der Waals surface area (Å²) in [7, 11) is 0. The van der Waals surface area contributed by atoms with Crippen LogP contribution < -0.4 is 16.5 Å². The molecule has 136 valence electrons. The van der Waals surface area contributed by atoms with Gasteiger partial charge in [0.2, 0.25) is 0 Å². The minimum Gasteiger partial charge on any atom is -0.338 e. The molecule has 1 atom stereocenters. The highest BCUT2D eigenvalue weighted by Gasteiger charge is 2.33. The molecule has 1 aromatic heterocycles. The van der Waals surface area contributed by atoms with Crippen molar-refractivity contribution in [3.63, 3.8) is 0 Å². The summed E-state index contributed by atoms with van der Waals surface area (Å²) in [6, 6.07) is 9.61. The van der Waals surface area contributed by atoms with Gasteiger partial charge in [0.15, 0.2) is 0 Å². The minimum atomic E-state index is -1.08. The highest BCUT2D eigenvalue weighted by Crippen LogP contribution is 2.14. The Hall–Kier alpha value is -2.66. The van der Waals surface area contributed by atoms with Crippen molar-refractivity contribution in [2.45, 2.75) is 32.4 Å². The molecule has 0 bridgehead atoms. The second kappa shape index (κ2) is 8.15. The van der Waals surface area contributed by atoms with Crippen LogP contribution in [0.1, 0.15) is 39.5 Å². The Kier molecular flexibility index (Phi) is 6.16. The van der Waals surface area contributed by atoms with Gasteiger partial charge in [-0.3, -0.25) is 14.8 Å². The summed E-state index contributed by atoms with van der Waals surface area (Å²) < 4.78 is 0. The smallest absolute Gasteiger partial charge is 0.267 e. The number of hydrogen-bond acceptors (Lipinski definition) is 5. The zero-order valence-electron chi connectivity index (χ0n) is 14.8. The van der Waals surface area contributed by atoms with Crippen LogP contribution in [0.4, 0.5) is 0 Å². The normalized spacial score (nSPS) is 11.9. The van der Waals surface area contributed by atoms with Crippen LogP contribution in [0.2, 0.25) is 0 Å².